The smallest absolute Gasteiger partial charge is 0.138 e. The van der Waals surface area contributed by atoms with Gasteiger partial charge in [0.15, 0.2) is 0 Å². The number of ether oxygens (including phenoxy) is 1. The van der Waals surface area contributed by atoms with Crippen molar-refractivity contribution in [1.29, 1.82) is 0 Å². The molecule has 1 heterocycles. The molecule has 1 aromatic heterocycles. The maximum Gasteiger partial charge on any atom is 0.138 e. The van der Waals surface area contributed by atoms with Crippen molar-refractivity contribution in [2.45, 2.75) is 13.5 Å². The van der Waals surface area contributed by atoms with Crippen LogP contribution in [0.25, 0.3) is 0 Å². The summed E-state index contributed by atoms with van der Waals surface area (Å²) in [6, 6.07) is 9.72. The topological polar surface area (TPSA) is 42.4 Å². The van der Waals surface area contributed by atoms with Crippen LogP contribution in [-0.2, 0) is 6.61 Å². The van der Waals surface area contributed by atoms with Crippen molar-refractivity contribution in [2.24, 2.45) is 0 Å². The Balaban J connectivity index is 2.17. The zero-order valence-corrected chi connectivity index (χ0v) is 11.1. The summed E-state index contributed by atoms with van der Waals surface area (Å²) in [5.41, 5.74) is 2.19. The summed E-state index contributed by atoms with van der Waals surface area (Å²) in [4.78, 5) is 4.31. The Bertz CT molecular complexity index is 659. The largest absolute Gasteiger partial charge is 0.486 e. The van der Waals surface area contributed by atoms with Crippen LogP contribution in [0.15, 0.2) is 36.4 Å². The zero-order chi connectivity index (χ0) is 14.4. The first-order valence-electron chi connectivity index (χ1n) is 6.13. The molecule has 0 spiro atoms. The summed E-state index contributed by atoms with van der Waals surface area (Å²) < 4.78 is 18.8. The van der Waals surface area contributed by atoms with Gasteiger partial charge in [0.2, 0.25) is 0 Å². The lowest BCUT2D eigenvalue weighted by atomic mass is 10.2. The number of hydrogen-bond donors (Lipinski definition) is 1. The number of rotatable bonds is 3. The maximum absolute atomic E-state index is 13.3. The van der Waals surface area contributed by atoms with E-state index < -0.39 is 5.82 Å². The third-order valence-electron chi connectivity index (χ3n) is 2.57. The molecular weight excluding hydrogens is 257 g/mol. The number of hydrogen-bond acceptors (Lipinski definition) is 3. The lowest BCUT2D eigenvalue weighted by Gasteiger charge is -2.08. The number of aliphatic hydroxyl groups is 1. The second-order valence-corrected chi connectivity index (χ2v) is 4.16. The van der Waals surface area contributed by atoms with Crippen LogP contribution in [0.3, 0.4) is 0 Å². The van der Waals surface area contributed by atoms with Crippen molar-refractivity contribution in [3.8, 4) is 17.6 Å². The van der Waals surface area contributed by atoms with Crippen molar-refractivity contribution in [3.05, 3.63) is 59.2 Å². The van der Waals surface area contributed by atoms with E-state index in [0.717, 1.165) is 11.4 Å². The molecule has 102 valence electrons. The first-order chi connectivity index (χ1) is 9.69. The predicted molar refractivity (Wildman–Crippen MR) is 73.7 cm³/mol. The van der Waals surface area contributed by atoms with E-state index in [1.54, 1.807) is 0 Å². The number of benzene rings is 1. The molecule has 2 rings (SSSR count). The Kier molecular flexibility index (Phi) is 4.70. The van der Waals surface area contributed by atoms with E-state index in [2.05, 4.69) is 16.8 Å². The van der Waals surface area contributed by atoms with Gasteiger partial charge in [-0.3, -0.25) is 4.98 Å². The van der Waals surface area contributed by atoms with Gasteiger partial charge in [0.1, 0.15) is 24.8 Å². The van der Waals surface area contributed by atoms with Gasteiger partial charge >= 0.3 is 0 Å². The van der Waals surface area contributed by atoms with Crippen LogP contribution in [-0.4, -0.2) is 16.7 Å². The van der Waals surface area contributed by atoms with Crippen LogP contribution in [0.4, 0.5) is 4.39 Å². The molecule has 20 heavy (non-hydrogen) atoms. The standard InChI is InChI=1S/C16H14FNO2/c1-12-4-2-6-15(18-12)11-20-16-10-14(17)8-7-13(16)5-3-9-19/h2,4,6-8,10,19H,9,11H2,1H3. The lowest BCUT2D eigenvalue weighted by molar-refractivity contribution is 0.298. The molecule has 1 aromatic carbocycles. The molecule has 0 unspecified atom stereocenters. The van der Waals surface area contributed by atoms with E-state index in [1.165, 1.54) is 18.2 Å². The van der Waals surface area contributed by atoms with E-state index in [1.807, 2.05) is 25.1 Å². The van der Waals surface area contributed by atoms with Crippen molar-refractivity contribution in [3.63, 3.8) is 0 Å². The summed E-state index contributed by atoms with van der Waals surface area (Å²) in [5.74, 6) is 5.19. The number of halogens is 1. The van der Waals surface area contributed by atoms with Gasteiger partial charge in [0, 0.05) is 11.8 Å². The Morgan fingerprint density at radius 3 is 2.90 bits per heavy atom. The number of nitrogens with zero attached hydrogens (tertiary/aromatic N) is 1. The Hall–Kier alpha value is -2.38. The monoisotopic (exact) mass is 271 g/mol. The minimum Gasteiger partial charge on any atom is -0.486 e. The number of aliphatic hydroxyl groups excluding tert-OH is 1. The molecule has 0 aliphatic heterocycles. The van der Waals surface area contributed by atoms with E-state index in [0.29, 0.717) is 11.3 Å². The van der Waals surface area contributed by atoms with Gasteiger partial charge in [-0.2, -0.15) is 0 Å². The van der Waals surface area contributed by atoms with Crippen LogP contribution in [0, 0.1) is 24.6 Å². The minimum atomic E-state index is -0.397. The fraction of sp³-hybridized carbons (Fsp3) is 0.188. The molecule has 0 bridgehead atoms. The van der Waals surface area contributed by atoms with Gasteiger partial charge in [-0.05, 0) is 31.2 Å². The molecule has 0 radical (unpaired) electrons. The number of aromatic nitrogens is 1. The first kappa shape index (κ1) is 14.0. The van der Waals surface area contributed by atoms with Crippen LogP contribution >= 0.6 is 0 Å². The third-order valence-corrected chi connectivity index (χ3v) is 2.57. The van der Waals surface area contributed by atoms with Crippen molar-refractivity contribution in [1.82, 2.24) is 4.98 Å². The highest BCUT2D eigenvalue weighted by atomic mass is 19.1. The Labute approximate surface area is 117 Å². The van der Waals surface area contributed by atoms with Gasteiger partial charge in [0.05, 0.1) is 11.3 Å². The molecule has 1 N–H and O–H groups in total. The van der Waals surface area contributed by atoms with Crippen LogP contribution in [0.5, 0.6) is 5.75 Å². The molecule has 2 aromatic rings. The van der Waals surface area contributed by atoms with Gasteiger partial charge in [-0.1, -0.05) is 17.9 Å². The van der Waals surface area contributed by atoms with Gasteiger partial charge in [-0.25, -0.2) is 4.39 Å². The fourth-order valence-corrected chi connectivity index (χ4v) is 1.69. The highest BCUT2D eigenvalue weighted by Crippen LogP contribution is 2.20. The summed E-state index contributed by atoms with van der Waals surface area (Å²) >= 11 is 0. The number of aryl methyl sites for hydroxylation is 1. The Morgan fingerprint density at radius 2 is 2.15 bits per heavy atom. The van der Waals surface area contributed by atoms with Gasteiger partial charge < -0.3 is 9.84 Å². The second kappa shape index (κ2) is 6.69. The number of pyridine rings is 1. The molecular formula is C16H14FNO2. The van der Waals surface area contributed by atoms with Crippen molar-refractivity contribution < 1.29 is 14.2 Å². The summed E-state index contributed by atoms with van der Waals surface area (Å²) in [6.07, 6.45) is 0. The van der Waals surface area contributed by atoms with Crippen molar-refractivity contribution in [2.75, 3.05) is 6.61 Å². The normalized spacial score (nSPS) is 9.75. The van der Waals surface area contributed by atoms with Crippen molar-refractivity contribution >= 4 is 0 Å². The third kappa shape index (κ3) is 3.81. The molecule has 0 aliphatic rings. The fourth-order valence-electron chi connectivity index (χ4n) is 1.69. The summed E-state index contributed by atoms with van der Waals surface area (Å²) in [7, 11) is 0. The molecule has 3 nitrogen and oxygen atoms in total. The molecule has 0 amide bonds. The zero-order valence-electron chi connectivity index (χ0n) is 11.1. The average molecular weight is 271 g/mol. The maximum atomic E-state index is 13.3. The average Bonchev–Trinajstić information content (AvgIpc) is 2.44. The van der Waals surface area contributed by atoms with E-state index in [4.69, 9.17) is 9.84 Å². The SMILES string of the molecule is Cc1cccc(COc2cc(F)ccc2C#CCO)n1. The Morgan fingerprint density at radius 1 is 1.30 bits per heavy atom. The summed E-state index contributed by atoms with van der Waals surface area (Å²) in [5, 5.41) is 8.71. The highest BCUT2D eigenvalue weighted by Gasteiger charge is 2.05. The molecule has 0 atom stereocenters. The molecule has 4 heteroatoms. The highest BCUT2D eigenvalue weighted by molar-refractivity contribution is 5.46. The first-order valence-corrected chi connectivity index (χ1v) is 6.13. The van der Waals surface area contributed by atoms with Crippen LogP contribution in [0.2, 0.25) is 0 Å². The van der Waals surface area contributed by atoms with E-state index in [9.17, 15) is 4.39 Å². The predicted octanol–water partition coefficient (Wildman–Crippen LogP) is 2.45. The lowest BCUT2D eigenvalue weighted by Crippen LogP contribution is -2.01. The van der Waals surface area contributed by atoms with E-state index in [-0.39, 0.29) is 13.2 Å². The van der Waals surface area contributed by atoms with Gasteiger partial charge in [-0.15, -0.1) is 0 Å². The second-order valence-electron chi connectivity index (χ2n) is 4.16. The van der Waals surface area contributed by atoms with Crippen LogP contribution in [0.1, 0.15) is 17.0 Å². The molecule has 0 fully saturated rings. The minimum absolute atomic E-state index is 0.235. The quantitative estimate of drug-likeness (QED) is 0.872. The summed E-state index contributed by atoms with van der Waals surface area (Å²) in [6.45, 7) is 1.87. The molecule has 0 saturated carbocycles. The van der Waals surface area contributed by atoms with E-state index >= 15 is 0 Å². The molecule has 0 aliphatic carbocycles. The van der Waals surface area contributed by atoms with Crippen LogP contribution < -0.4 is 4.74 Å². The molecule has 0 saturated heterocycles. The van der Waals surface area contributed by atoms with Gasteiger partial charge in [0.25, 0.3) is 0 Å².